The lowest BCUT2D eigenvalue weighted by molar-refractivity contribution is -0.145. The number of nitrogens with zero attached hydrogens (tertiary/aromatic N) is 2. The number of hydrogen-bond donors (Lipinski definition) is 2. The van der Waals surface area contributed by atoms with Gasteiger partial charge >= 0.3 is 5.97 Å². The minimum atomic E-state index is -3.41. The Morgan fingerprint density at radius 1 is 1.27 bits per heavy atom. The summed E-state index contributed by atoms with van der Waals surface area (Å²) in [6, 6.07) is 7.30. The van der Waals surface area contributed by atoms with Crippen molar-refractivity contribution < 1.29 is 17.9 Å². The van der Waals surface area contributed by atoms with Crippen molar-refractivity contribution in [3.63, 3.8) is 0 Å². The quantitative estimate of drug-likeness (QED) is 0.232. The summed E-state index contributed by atoms with van der Waals surface area (Å²) in [5.74, 6) is 0.385. The number of likely N-dealkylation sites (tertiary alicyclic amines) is 1. The number of carbonyl (C=O) groups excluding carboxylic acids is 1. The van der Waals surface area contributed by atoms with E-state index in [1.165, 1.54) is 7.11 Å². The van der Waals surface area contributed by atoms with Crippen molar-refractivity contribution in [3.05, 3.63) is 35.4 Å². The first-order valence-electron chi connectivity index (χ1n) is 9.77. The third-order valence-corrected chi connectivity index (χ3v) is 6.47. The molecule has 1 aliphatic heterocycles. The van der Waals surface area contributed by atoms with Crippen LogP contribution in [-0.2, 0) is 31.9 Å². The summed E-state index contributed by atoms with van der Waals surface area (Å²) in [5.41, 5.74) is 1.63. The van der Waals surface area contributed by atoms with Crippen LogP contribution in [0.5, 0.6) is 0 Å². The maximum absolute atomic E-state index is 12.3. The largest absolute Gasteiger partial charge is 0.469 e. The molecule has 0 aliphatic carbocycles. The number of guanidine groups is 1. The van der Waals surface area contributed by atoms with Crippen LogP contribution in [0.4, 0.5) is 0 Å². The van der Waals surface area contributed by atoms with Gasteiger partial charge in [0.05, 0.1) is 18.8 Å². The Labute approximate surface area is 196 Å². The van der Waals surface area contributed by atoms with E-state index in [1.54, 1.807) is 20.9 Å². The minimum Gasteiger partial charge on any atom is -0.469 e. The Morgan fingerprint density at radius 2 is 1.90 bits per heavy atom. The molecule has 0 aromatic heterocycles. The molecule has 10 heteroatoms. The average molecular weight is 552 g/mol. The summed E-state index contributed by atoms with van der Waals surface area (Å²) in [7, 11) is -0.311. The molecular formula is C20H33IN4O4S. The van der Waals surface area contributed by atoms with Crippen molar-refractivity contribution in [3.8, 4) is 0 Å². The molecule has 0 saturated carbocycles. The second kappa shape index (κ2) is 11.8. The smallest absolute Gasteiger partial charge is 0.310 e. The van der Waals surface area contributed by atoms with Crippen molar-refractivity contribution in [2.75, 3.05) is 27.2 Å². The van der Waals surface area contributed by atoms with E-state index in [0.717, 1.165) is 11.1 Å². The molecule has 1 aromatic rings. The van der Waals surface area contributed by atoms with E-state index < -0.39 is 10.0 Å². The van der Waals surface area contributed by atoms with Gasteiger partial charge in [-0.2, -0.15) is 0 Å². The highest BCUT2D eigenvalue weighted by Gasteiger charge is 2.36. The van der Waals surface area contributed by atoms with Gasteiger partial charge in [0.25, 0.3) is 0 Å². The number of benzene rings is 1. The maximum Gasteiger partial charge on any atom is 0.310 e. The first-order valence-corrected chi connectivity index (χ1v) is 11.4. The fraction of sp³-hybridized carbons (Fsp3) is 0.600. The van der Waals surface area contributed by atoms with Crippen molar-refractivity contribution in [1.29, 1.82) is 0 Å². The first-order chi connectivity index (χ1) is 13.7. The number of carbonyl (C=O) groups is 1. The highest BCUT2D eigenvalue weighted by molar-refractivity contribution is 14.0. The van der Waals surface area contributed by atoms with Gasteiger partial charge in [0.2, 0.25) is 10.0 Å². The minimum absolute atomic E-state index is 0. The normalized spacial score (nSPS) is 19.5. The van der Waals surface area contributed by atoms with Gasteiger partial charge in [-0.15, -0.1) is 24.0 Å². The summed E-state index contributed by atoms with van der Waals surface area (Å²) in [6.45, 7) is 7.31. The molecule has 8 nitrogen and oxygen atoms in total. The molecule has 170 valence electrons. The zero-order valence-electron chi connectivity index (χ0n) is 18.2. The van der Waals surface area contributed by atoms with Gasteiger partial charge in [0, 0.05) is 32.7 Å². The van der Waals surface area contributed by atoms with Crippen LogP contribution in [0, 0.1) is 11.8 Å². The molecule has 30 heavy (non-hydrogen) atoms. The molecule has 0 radical (unpaired) electrons. The van der Waals surface area contributed by atoms with Gasteiger partial charge in [-0.1, -0.05) is 31.2 Å². The van der Waals surface area contributed by atoms with Crippen molar-refractivity contribution in [2.45, 2.75) is 39.1 Å². The van der Waals surface area contributed by atoms with Crippen molar-refractivity contribution in [1.82, 2.24) is 14.9 Å². The van der Waals surface area contributed by atoms with Gasteiger partial charge in [-0.3, -0.25) is 9.79 Å². The molecular weight excluding hydrogens is 519 g/mol. The number of esters is 1. The Bertz CT molecular complexity index is 845. The average Bonchev–Trinajstić information content (AvgIpc) is 3.03. The number of methoxy groups -OCH3 is 1. The molecule has 0 amide bonds. The Kier molecular flexibility index (Phi) is 10.5. The zero-order valence-corrected chi connectivity index (χ0v) is 21.4. The van der Waals surface area contributed by atoms with Crippen LogP contribution < -0.4 is 10.0 Å². The maximum atomic E-state index is 12.3. The van der Waals surface area contributed by atoms with Crippen LogP contribution in [0.15, 0.2) is 29.3 Å². The van der Waals surface area contributed by atoms with Crippen molar-refractivity contribution in [2.24, 2.45) is 16.8 Å². The summed E-state index contributed by atoms with van der Waals surface area (Å²) in [4.78, 5) is 18.3. The molecule has 1 fully saturated rings. The molecule has 0 bridgehead atoms. The van der Waals surface area contributed by atoms with Crippen molar-refractivity contribution >= 4 is 45.9 Å². The topological polar surface area (TPSA) is 100 Å². The fourth-order valence-corrected chi connectivity index (χ4v) is 5.07. The predicted octanol–water partition coefficient (Wildman–Crippen LogP) is 1.95. The summed E-state index contributed by atoms with van der Waals surface area (Å²) in [5, 5.41) is 3.30. The van der Waals surface area contributed by atoms with Gasteiger partial charge in [0.1, 0.15) is 0 Å². The summed E-state index contributed by atoms with van der Waals surface area (Å²) >= 11 is 0. The number of aliphatic imine (C=N–C) groups is 1. The predicted molar refractivity (Wildman–Crippen MR) is 129 cm³/mol. The van der Waals surface area contributed by atoms with Crippen LogP contribution in [-0.4, -0.2) is 58.5 Å². The molecule has 1 saturated heterocycles. The zero-order chi connectivity index (χ0) is 21.6. The van der Waals surface area contributed by atoms with Crippen LogP contribution in [0.1, 0.15) is 31.9 Å². The van der Waals surface area contributed by atoms with E-state index in [4.69, 9.17) is 4.74 Å². The third kappa shape index (κ3) is 7.38. The number of rotatable bonds is 7. The number of ether oxygens (including phenoxy) is 1. The highest BCUT2D eigenvalue weighted by atomic mass is 127. The molecule has 2 N–H and O–H groups in total. The number of halogens is 1. The van der Waals surface area contributed by atoms with E-state index in [9.17, 15) is 13.2 Å². The number of sulfonamides is 1. The van der Waals surface area contributed by atoms with Gasteiger partial charge in [-0.25, -0.2) is 13.1 Å². The lowest BCUT2D eigenvalue weighted by Gasteiger charge is -2.22. The summed E-state index contributed by atoms with van der Waals surface area (Å²) < 4.78 is 32.2. The molecule has 2 rings (SSSR count). The molecule has 2 unspecified atom stereocenters. The number of hydrogen-bond acceptors (Lipinski definition) is 5. The second-order valence-electron chi connectivity index (χ2n) is 7.71. The SMILES string of the molecule is CN=C(NCc1ccccc1CS(=O)(=O)NC(C)C)N1CC(C)C(C(=O)OC)C1.I. The van der Waals surface area contributed by atoms with E-state index in [2.05, 4.69) is 15.0 Å². The molecule has 2 atom stereocenters. The van der Waals surface area contributed by atoms with Gasteiger partial charge in [-0.05, 0) is 30.9 Å². The lowest BCUT2D eigenvalue weighted by Crippen LogP contribution is -2.40. The molecule has 1 aromatic carbocycles. The summed E-state index contributed by atoms with van der Waals surface area (Å²) in [6.07, 6.45) is 0. The molecule has 1 aliphatic rings. The lowest BCUT2D eigenvalue weighted by atomic mass is 9.99. The Balaban J connectivity index is 0.00000450. The molecule has 1 heterocycles. The highest BCUT2D eigenvalue weighted by Crippen LogP contribution is 2.24. The Morgan fingerprint density at radius 3 is 2.47 bits per heavy atom. The first kappa shape index (κ1) is 26.6. The fourth-order valence-electron chi connectivity index (χ4n) is 3.58. The van der Waals surface area contributed by atoms with E-state index in [0.29, 0.717) is 25.6 Å². The monoisotopic (exact) mass is 552 g/mol. The van der Waals surface area contributed by atoms with Gasteiger partial charge in [0.15, 0.2) is 5.96 Å². The standard InChI is InChI=1S/C20H32N4O4S.HI/c1-14(2)23-29(26,27)13-17-9-7-6-8-16(17)10-22-20(21-4)24-11-15(3)18(12-24)19(25)28-5;/h6-9,14-15,18,23H,10-13H2,1-5H3,(H,21,22);1H. The number of nitrogens with one attached hydrogen (secondary N) is 2. The Hall–Kier alpha value is -1.40. The molecule has 0 spiro atoms. The van der Waals surface area contributed by atoms with Crippen LogP contribution in [0.3, 0.4) is 0 Å². The van der Waals surface area contributed by atoms with E-state index in [1.807, 2.05) is 36.1 Å². The van der Waals surface area contributed by atoms with E-state index in [-0.39, 0.29) is 53.6 Å². The van der Waals surface area contributed by atoms with Crippen LogP contribution >= 0.6 is 24.0 Å². The second-order valence-corrected chi connectivity index (χ2v) is 9.47. The van der Waals surface area contributed by atoms with Gasteiger partial charge < -0.3 is 15.0 Å². The third-order valence-electron chi connectivity index (χ3n) is 4.94. The van der Waals surface area contributed by atoms with Crippen LogP contribution in [0.2, 0.25) is 0 Å². The van der Waals surface area contributed by atoms with E-state index >= 15 is 0 Å². The van der Waals surface area contributed by atoms with Crippen LogP contribution in [0.25, 0.3) is 0 Å².